The summed E-state index contributed by atoms with van der Waals surface area (Å²) in [7, 11) is 1.59. The predicted octanol–water partition coefficient (Wildman–Crippen LogP) is 3.07. The lowest BCUT2D eigenvalue weighted by atomic mass is 10.2. The van der Waals surface area contributed by atoms with Crippen molar-refractivity contribution in [3.05, 3.63) is 34.6 Å². The fraction of sp³-hybridized carbons (Fsp3) is 0.364. The molecule has 0 heterocycles. The summed E-state index contributed by atoms with van der Waals surface area (Å²) < 4.78 is 13.4. The minimum atomic E-state index is -0.405. The zero-order valence-electron chi connectivity index (χ0n) is 8.84. The Morgan fingerprint density at radius 2 is 2.19 bits per heavy atom. The van der Waals surface area contributed by atoms with Crippen LogP contribution in [0.15, 0.2) is 18.2 Å². The molecule has 0 aromatic heterocycles. The van der Waals surface area contributed by atoms with Crippen LogP contribution in [0.1, 0.15) is 12.0 Å². The molecule has 0 atom stereocenters. The van der Waals surface area contributed by atoms with Gasteiger partial charge in [0, 0.05) is 36.5 Å². The monoisotopic (exact) mass is 263 g/mol. The van der Waals surface area contributed by atoms with E-state index < -0.39 is 5.82 Å². The number of carbonyl (C=O) groups excluding carboxylic acids is 1. The minimum Gasteiger partial charge on any atom is -0.341 e. The van der Waals surface area contributed by atoms with Crippen LogP contribution < -0.4 is 0 Å². The van der Waals surface area contributed by atoms with E-state index in [2.05, 4.69) is 0 Å². The van der Waals surface area contributed by atoms with E-state index in [0.717, 1.165) is 0 Å². The van der Waals surface area contributed by atoms with E-state index in [-0.39, 0.29) is 24.8 Å². The molecule has 0 unspecified atom stereocenters. The number of alkyl halides is 1. The van der Waals surface area contributed by atoms with Crippen molar-refractivity contribution in [1.82, 2.24) is 4.90 Å². The summed E-state index contributed by atoms with van der Waals surface area (Å²) in [6.45, 7) is 0.154. The number of carbonyl (C=O) groups is 1. The number of hydrogen-bond acceptors (Lipinski definition) is 1. The highest BCUT2D eigenvalue weighted by Crippen LogP contribution is 2.20. The molecule has 0 fully saturated rings. The fourth-order valence-corrected chi connectivity index (χ4v) is 1.66. The van der Waals surface area contributed by atoms with Crippen LogP contribution in [0.25, 0.3) is 0 Å². The summed E-state index contributed by atoms with van der Waals surface area (Å²) in [4.78, 5) is 12.9. The van der Waals surface area contributed by atoms with Crippen molar-refractivity contribution in [2.75, 3.05) is 12.9 Å². The second kappa shape index (κ2) is 6.06. The lowest BCUT2D eigenvalue weighted by Gasteiger charge is -2.17. The number of rotatable bonds is 4. The van der Waals surface area contributed by atoms with E-state index in [1.807, 2.05) is 0 Å². The summed E-state index contributed by atoms with van der Waals surface area (Å²) >= 11 is 11.3. The Morgan fingerprint density at radius 3 is 2.75 bits per heavy atom. The normalized spacial score (nSPS) is 10.2. The number of hydrogen-bond donors (Lipinski definition) is 0. The summed E-state index contributed by atoms with van der Waals surface area (Å²) in [6.07, 6.45) is 0.240. The molecule has 0 aliphatic rings. The molecule has 0 spiro atoms. The molecule has 88 valence electrons. The summed E-state index contributed by atoms with van der Waals surface area (Å²) in [5, 5.41) is 0.325. The van der Waals surface area contributed by atoms with Gasteiger partial charge >= 0.3 is 0 Å². The first kappa shape index (κ1) is 13.3. The van der Waals surface area contributed by atoms with Gasteiger partial charge < -0.3 is 4.90 Å². The van der Waals surface area contributed by atoms with Gasteiger partial charge in [-0.2, -0.15) is 0 Å². The number of halogens is 3. The van der Waals surface area contributed by atoms with E-state index >= 15 is 0 Å². The Balaban J connectivity index is 2.76. The summed E-state index contributed by atoms with van der Waals surface area (Å²) in [5.41, 5.74) is 0.328. The number of benzene rings is 1. The van der Waals surface area contributed by atoms with Crippen molar-refractivity contribution in [2.45, 2.75) is 13.0 Å². The fourth-order valence-electron chi connectivity index (χ4n) is 1.28. The molecule has 0 aliphatic carbocycles. The molecule has 0 N–H and O–H groups in total. The van der Waals surface area contributed by atoms with Crippen LogP contribution >= 0.6 is 23.2 Å². The van der Waals surface area contributed by atoms with Gasteiger partial charge in [-0.05, 0) is 12.1 Å². The third-order valence-corrected chi connectivity index (χ3v) is 2.73. The van der Waals surface area contributed by atoms with E-state index in [4.69, 9.17) is 23.2 Å². The molecule has 0 saturated heterocycles. The van der Waals surface area contributed by atoms with Crippen molar-refractivity contribution in [2.24, 2.45) is 0 Å². The Kier molecular flexibility index (Phi) is 5.03. The van der Waals surface area contributed by atoms with Crippen molar-refractivity contribution < 1.29 is 9.18 Å². The number of amides is 1. The molecule has 1 amide bonds. The molecule has 0 radical (unpaired) electrons. The van der Waals surface area contributed by atoms with Gasteiger partial charge in [0.05, 0.1) is 0 Å². The van der Waals surface area contributed by atoms with Crippen LogP contribution in [0.3, 0.4) is 0 Å². The highest BCUT2D eigenvalue weighted by Gasteiger charge is 2.13. The minimum absolute atomic E-state index is 0.130. The smallest absolute Gasteiger partial charge is 0.223 e. The maximum Gasteiger partial charge on any atom is 0.223 e. The van der Waals surface area contributed by atoms with Crippen molar-refractivity contribution in [3.63, 3.8) is 0 Å². The predicted molar refractivity (Wildman–Crippen MR) is 63.2 cm³/mol. The largest absolute Gasteiger partial charge is 0.341 e. The van der Waals surface area contributed by atoms with E-state index in [0.29, 0.717) is 10.6 Å². The van der Waals surface area contributed by atoms with Gasteiger partial charge in [-0.3, -0.25) is 4.79 Å². The van der Waals surface area contributed by atoms with Gasteiger partial charge in [0.25, 0.3) is 0 Å². The first-order valence-electron chi connectivity index (χ1n) is 4.79. The Morgan fingerprint density at radius 1 is 1.50 bits per heavy atom. The topological polar surface area (TPSA) is 20.3 Å². The van der Waals surface area contributed by atoms with Crippen molar-refractivity contribution >= 4 is 29.1 Å². The molecular formula is C11H12Cl2FNO. The van der Waals surface area contributed by atoms with Gasteiger partial charge in [0.15, 0.2) is 0 Å². The molecule has 0 saturated carbocycles. The maximum absolute atomic E-state index is 13.4. The first-order chi connectivity index (χ1) is 7.56. The third-order valence-electron chi connectivity index (χ3n) is 2.19. The third kappa shape index (κ3) is 3.35. The Bertz CT molecular complexity index is 364. The average Bonchev–Trinajstić information content (AvgIpc) is 2.23. The molecule has 0 bridgehead atoms. The molecule has 1 aromatic carbocycles. The van der Waals surface area contributed by atoms with E-state index in [9.17, 15) is 9.18 Å². The number of nitrogens with zero attached hydrogens (tertiary/aromatic N) is 1. The molecule has 0 aliphatic heterocycles. The SMILES string of the molecule is CN(Cc1c(F)cccc1Cl)C(=O)CCCl. The van der Waals surface area contributed by atoms with Crippen molar-refractivity contribution in [1.29, 1.82) is 0 Å². The standard InChI is InChI=1S/C11H12Cl2FNO/c1-15(11(16)5-6-12)7-8-9(13)3-2-4-10(8)14/h2-4H,5-7H2,1H3. The van der Waals surface area contributed by atoms with Gasteiger partial charge in [-0.15, -0.1) is 11.6 Å². The summed E-state index contributed by atoms with van der Waals surface area (Å²) in [6, 6.07) is 4.45. The zero-order valence-corrected chi connectivity index (χ0v) is 10.4. The highest BCUT2D eigenvalue weighted by molar-refractivity contribution is 6.31. The van der Waals surface area contributed by atoms with E-state index in [1.54, 1.807) is 13.1 Å². The van der Waals surface area contributed by atoms with E-state index in [1.165, 1.54) is 17.0 Å². The molecule has 16 heavy (non-hydrogen) atoms. The van der Waals surface area contributed by atoms with Gasteiger partial charge in [-0.1, -0.05) is 17.7 Å². The van der Waals surface area contributed by atoms with Crippen LogP contribution in [0, 0.1) is 5.82 Å². The molecule has 1 rings (SSSR count). The van der Waals surface area contributed by atoms with Crippen LogP contribution in [-0.4, -0.2) is 23.7 Å². The first-order valence-corrected chi connectivity index (χ1v) is 5.70. The second-order valence-electron chi connectivity index (χ2n) is 3.39. The van der Waals surface area contributed by atoms with Gasteiger partial charge in [0.1, 0.15) is 5.82 Å². The van der Waals surface area contributed by atoms with Crippen LogP contribution in [0.5, 0.6) is 0 Å². The van der Waals surface area contributed by atoms with Crippen LogP contribution in [0.2, 0.25) is 5.02 Å². The van der Waals surface area contributed by atoms with Crippen LogP contribution in [0.4, 0.5) is 4.39 Å². The highest BCUT2D eigenvalue weighted by atomic mass is 35.5. The Hall–Kier alpha value is -0.800. The lowest BCUT2D eigenvalue weighted by molar-refractivity contribution is -0.130. The second-order valence-corrected chi connectivity index (χ2v) is 4.17. The quantitative estimate of drug-likeness (QED) is 0.765. The Labute approximate surface area is 104 Å². The lowest BCUT2D eigenvalue weighted by Crippen LogP contribution is -2.26. The van der Waals surface area contributed by atoms with Gasteiger partial charge in [0.2, 0.25) is 5.91 Å². The molecular weight excluding hydrogens is 252 g/mol. The molecule has 2 nitrogen and oxygen atoms in total. The maximum atomic E-state index is 13.4. The van der Waals surface area contributed by atoms with Crippen molar-refractivity contribution in [3.8, 4) is 0 Å². The molecule has 5 heteroatoms. The summed E-state index contributed by atoms with van der Waals surface area (Å²) in [5.74, 6) is -0.277. The van der Waals surface area contributed by atoms with Crippen LogP contribution in [-0.2, 0) is 11.3 Å². The zero-order chi connectivity index (χ0) is 12.1. The van der Waals surface area contributed by atoms with Gasteiger partial charge in [-0.25, -0.2) is 4.39 Å². The average molecular weight is 264 g/mol. The molecule has 1 aromatic rings.